The summed E-state index contributed by atoms with van der Waals surface area (Å²) in [6.45, 7) is 0. The van der Waals surface area contributed by atoms with Crippen LogP contribution in [-0.4, -0.2) is 32.3 Å². The Balaban J connectivity index is 1.48. The molecule has 1 amide bonds. The SMILES string of the molecule is CNC(=O)c1ccc(-c2cnc3ncc(Sc4ccc5ncccc5c4)n3c2)cc1. The molecule has 146 valence electrons. The van der Waals surface area contributed by atoms with Crippen molar-refractivity contribution in [1.29, 1.82) is 0 Å². The van der Waals surface area contributed by atoms with Gasteiger partial charge in [-0.05, 0) is 42.0 Å². The third-order valence-electron chi connectivity index (χ3n) is 4.84. The van der Waals surface area contributed by atoms with E-state index >= 15 is 0 Å². The Morgan fingerprint density at radius 2 is 1.80 bits per heavy atom. The first-order chi connectivity index (χ1) is 14.7. The highest BCUT2D eigenvalue weighted by Crippen LogP contribution is 2.31. The Bertz CT molecular complexity index is 1380. The number of amides is 1. The number of imidazole rings is 1. The predicted molar refractivity (Wildman–Crippen MR) is 118 cm³/mol. The van der Waals surface area contributed by atoms with E-state index in [2.05, 4.69) is 38.5 Å². The molecule has 0 radical (unpaired) electrons. The maximum atomic E-state index is 11.8. The molecular weight excluding hydrogens is 394 g/mol. The molecule has 0 fully saturated rings. The lowest BCUT2D eigenvalue weighted by Gasteiger charge is -2.06. The van der Waals surface area contributed by atoms with E-state index in [1.165, 1.54) is 0 Å². The van der Waals surface area contributed by atoms with Gasteiger partial charge >= 0.3 is 0 Å². The van der Waals surface area contributed by atoms with E-state index in [1.807, 2.05) is 53.2 Å². The molecular formula is C23H17N5OS. The van der Waals surface area contributed by atoms with Crippen LogP contribution in [0.25, 0.3) is 27.8 Å². The molecule has 2 aromatic carbocycles. The minimum absolute atomic E-state index is 0.103. The lowest BCUT2D eigenvalue weighted by Crippen LogP contribution is -2.17. The van der Waals surface area contributed by atoms with Crippen molar-refractivity contribution in [2.45, 2.75) is 9.92 Å². The van der Waals surface area contributed by atoms with E-state index in [4.69, 9.17) is 0 Å². The van der Waals surface area contributed by atoms with Crippen LogP contribution in [0.2, 0.25) is 0 Å². The molecule has 0 aliphatic carbocycles. The number of benzene rings is 2. The fourth-order valence-corrected chi connectivity index (χ4v) is 4.18. The number of hydrogen-bond acceptors (Lipinski definition) is 5. The first-order valence-corrected chi connectivity index (χ1v) is 10.2. The molecule has 0 atom stereocenters. The third kappa shape index (κ3) is 3.40. The van der Waals surface area contributed by atoms with E-state index in [0.29, 0.717) is 11.3 Å². The van der Waals surface area contributed by atoms with Gasteiger partial charge in [0, 0.05) is 47.0 Å². The van der Waals surface area contributed by atoms with Crippen molar-refractivity contribution in [3.8, 4) is 11.1 Å². The number of carbonyl (C=O) groups is 1. The van der Waals surface area contributed by atoms with Crippen molar-refractivity contribution in [2.24, 2.45) is 0 Å². The maximum absolute atomic E-state index is 11.8. The minimum atomic E-state index is -0.103. The quantitative estimate of drug-likeness (QED) is 0.473. The van der Waals surface area contributed by atoms with Crippen molar-refractivity contribution in [3.63, 3.8) is 0 Å². The van der Waals surface area contributed by atoms with E-state index in [0.717, 1.165) is 32.0 Å². The molecule has 6 nitrogen and oxygen atoms in total. The molecule has 7 heteroatoms. The zero-order valence-electron chi connectivity index (χ0n) is 16.1. The van der Waals surface area contributed by atoms with Gasteiger partial charge in [0.15, 0.2) is 0 Å². The van der Waals surface area contributed by atoms with Crippen LogP contribution < -0.4 is 5.32 Å². The highest BCUT2D eigenvalue weighted by Gasteiger charge is 2.10. The highest BCUT2D eigenvalue weighted by molar-refractivity contribution is 7.99. The van der Waals surface area contributed by atoms with Crippen molar-refractivity contribution in [3.05, 3.63) is 84.9 Å². The average molecular weight is 411 g/mol. The molecule has 5 aromatic rings. The second kappa shape index (κ2) is 7.61. The van der Waals surface area contributed by atoms with Gasteiger partial charge in [-0.2, -0.15) is 0 Å². The summed E-state index contributed by atoms with van der Waals surface area (Å²) in [5.74, 6) is 0.541. The zero-order chi connectivity index (χ0) is 20.5. The topological polar surface area (TPSA) is 72.2 Å². The number of aromatic nitrogens is 4. The van der Waals surface area contributed by atoms with Gasteiger partial charge in [0.1, 0.15) is 5.03 Å². The summed E-state index contributed by atoms with van der Waals surface area (Å²) in [5, 5.41) is 4.71. The number of nitrogens with zero attached hydrogens (tertiary/aromatic N) is 4. The Kier molecular flexibility index (Phi) is 4.65. The summed E-state index contributed by atoms with van der Waals surface area (Å²) >= 11 is 1.63. The van der Waals surface area contributed by atoms with Crippen molar-refractivity contribution in [2.75, 3.05) is 7.05 Å². The summed E-state index contributed by atoms with van der Waals surface area (Å²) < 4.78 is 1.99. The van der Waals surface area contributed by atoms with Crippen LogP contribution in [0.5, 0.6) is 0 Å². The molecule has 0 unspecified atom stereocenters. The van der Waals surface area contributed by atoms with Crippen LogP contribution in [0, 0.1) is 0 Å². The van der Waals surface area contributed by atoms with E-state index in [1.54, 1.807) is 31.2 Å². The second-order valence-electron chi connectivity index (χ2n) is 6.73. The number of nitrogens with one attached hydrogen (secondary N) is 1. The second-order valence-corrected chi connectivity index (χ2v) is 7.82. The minimum Gasteiger partial charge on any atom is -0.355 e. The number of fused-ring (bicyclic) bond motifs is 2. The van der Waals surface area contributed by atoms with Gasteiger partial charge in [-0.1, -0.05) is 30.0 Å². The number of hydrogen-bond donors (Lipinski definition) is 1. The summed E-state index contributed by atoms with van der Waals surface area (Å²) in [5.41, 5.74) is 3.54. The molecule has 0 bridgehead atoms. The Labute approximate surface area is 177 Å². The molecule has 3 heterocycles. The predicted octanol–water partition coefficient (Wildman–Crippen LogP) is 4.46. The van der Waals surface area contributed by atoms with Crippen LogP contribution >= 0.6 is 11.8 Å². The number of carbonyl (C=O) groups excluding carboxylic acids is 1. The smallest absolute Gasteiger partial charge is 0.251 e. The summed E-state index contributed by atoms with van der Waals surface area (Å²) in [7, 11) is 1.62. The molecule has 0 aliphatic heterocycles. The number of rotatable bonds is 4. The average Bonchev–Trinajstić information content (AvgIpc) is 3.20. The lowest BCUT2D eigenvalue weighted by molar-refractivity contribution is 0.0963. The van der Waals surface area contributed by atoms with Crippen LogP contribution in [0.1, 0.15) is 10.4 Å². The summed E-state index contributed by atoms with van der Waals surface area (Å²) in [6.07, 6.45) is 7.45. The van der Waals surface area contributed by atoms with Gasteiger partial charge in [-0.25, -0.2) is 9.97 Å². The lowest BCUT2D eigenvalue weighted by atomic mass is 10.1. The molecule has 1 N–H and O–H groups in total. The van der Waals surface area contributed by atoms with E-state index in [-0.39, 0.29) is 5.91 Å². The van der Waals surface area contributed by atoms with Gasteiger partial charge in [0.2, 0.25) is 5.78 Å². The molecule has 3 aromatic heterocycles. The Morgan fingerprint density at radius 3 is 2.63 bits per heavy atom. The zero-order valence-corrected chi connectivity index (χ0v) is 16.9. The normalized spacial score (nSPS) is 11.1. The van der Waals surface area contributed by atoms with Crippen LogP contribution in [0.4, 0.5) is 0 Å². The first-order valence-electron chi connectivity index (χ1n) is 9.39. The standard InChI is InChI=1S/C23H17N5OS/c1-24-22(29)16-6-4-15(5-7-16)18-12-26-23-27-13-21(28(23)14-18)30-19-8-9-20-17(11-19)3-2-10-25-20/h2-14H,1H3,(H,24,29). The molecule has 0 saturated heterocycles. The van der Waals surface area contributed by atoms with Gasteiger partial charge in [0.05, 0.1) is 11.7 Å². The van der Waals surface area contributed by atoms with Crippen LogP contribution in [0.3, 0.4) is 0 Å². The van der Waals surface area contributed by atoms with Crippen molar-refractivity contribution < 1.29 is 4.79 Å². The van der Waals surface area contributed by atoms with E-state index < -0.39 is 0 Å². The maximum Gasteiger partial charge on any atom is 0.251 e. The summed E-state index contributed by atoms with van der Waals surface area (Å²) in [6, 6.07) is 17.7. The molecule has 0 spiro atoms. The fraction of sp³-hybridized carbons (Fsp3) is 0.0435. The van der Waals surface area contributed by atoms with Gasteiger partial charge in [-0.3, -0.25) is 14.2 Å². The van der Waals surface area contributed by atoms with Gasteiger partial charge in [-0.15, -0.1) is 0 Å². The van der Waals surface area contributed by atoms with Crippen molar-refractivity contribution >= 4 is 34.3 Å². The monoisotopic (exact) mass is 411 g/mol. The van der Waals surface area contributed by atoms with E-state index in [9.17, 15) is 4.79 Å². The molecule has 30 heavy (non-hydrogen) atoms. The van der Waals surface area contributed by atoms with Gasteiger partial charge < -0.3 is 5.32 Å². The van der Waals surface area contributed by atoms with Crippen molar-refractivity contribution in [1.82, 2.24) is 24.7 Å². The first kappa shape index (κ1) is 18.3. The molecule has 0 saturated carbocycles. The summed E-state index contributed by atoms with van der Waals surface area (Å²) in [4.78, 5) is 26.2. The van der Waals surface area contributed by atoms with Crippen LogP contribution in [-0.2, 0) is 0 Å². The number of pyridine rings is 1. The van der Waals surface area contributed by atoms with Gasteiger partial charge in [0.25, 0.3) is 5.91 Å². The molecule has 5 rings (SSSR count). The van der Waals surface area contributed by atoms with Crippen LogP contribution in [0.15, 0.2) is 89.3 Å². The third-order valence-corrected chi connectivity index (χ3v) is 5.84. The largest absolute Gasteiger partial charge is 0.355 e. The highest BCUT2D eigenvalue weighted by atomic mass is 32.2. The fourth-order valence-electron chi connectivity index (χ4n) is 3.27. The Morgan fingerprint density at radius 1 is 0.967 bits per heavy atom. The molecule has 0 aliphatic rings. The Hall–Kier alpha value is -3.71.